The summed E-state index contributed by atoms with van der Waals surface area (Å²) in [7, 11) is 1.68. The predicted octanol–water partition coefficient (Wildman–Crippen LogP) is 6.16. The van der Waals surface area contributed by atoms with Crippen LogP contribution < -0.4 is 15.4 Å². The fourth-order valence-corrected chi connectivity index (χ4v) is 4.08. The summed E-state index contributed by atoms with van der Waals surface area (Å²) < 4.78 is 5.30. The van der Waals surface area contributed by atoms with Crippen LogP contribution in [0.4, 0.5) is 11.5 Å². The van der Waals surface area contributed by atoms with Crippen molar-refractivity contribution in [1.82, 2.24) is 9.97 Å². The van der Waals surface area contributed by atoms with E-state index >= 15 is 0 Å². The Bertz CT molecular complexity index is 988. The maximum Gasteiger partial charge on any atom is 0.126 e. The molecule has 2 aromatic heterocycles. The molecule has 30 heavy (non-hydrogen) atoms. The first-order valence-electron chi connectivity index (χ1n) is 10.5. The molecule has 0 saturated heterocycles. The molecule has 0 radical (unpaired) electrons. The smallest absolute Gasteiger partial charge is 0.126 e. The van der Waals surface area contributed by atoms with Crippen LogP contribution in [-0.4, -0.2) is 23.1 Å². The van der Waals surface area contributed by atoms with Crippen molar-refractivity contribution < 1.29 is 4.74 Å². The van der Waals surface area contributed by atoms with Crippen molar-refractivity contribution in [3.05, 3.63) is 65.6 Å². The van der Waals surface area contributed by atoms with Crippen molar-refractivity contribution >= 4 is 23.1 Å². The Morgan fingerprint density at radius 1 is 1.07 bits per heavy atom. The number of ether oxygens (including phenoxy) is 1. The number of methoxy groups -OCH3 is 1. The number of nitrogens with one attached hydrogen (secondary N) is 2. The molecule has 6 heteroatoms. The van der Waals surface area contributed by atoms with Crippen molar-refractivity contribution in [2.75, 3.05) is 17.7 Å². The van der Waals surface area contributed by atoms with E-state index in [4.69, 9.17) is 16.3 Å². The Hall–Kier alpha value is -2.79. The standard InChI is InChI=1S/C24H27ClN4O/c1-30-21-9-5-6-17(10-21)13-27-20-11-18(14-26-15-20)22-12-24(28-16-23(22)25)29-19-7-3-2-4-8-19/h5-6,9-12,14-16,19,27H,2-4,7-8,13H2,1H3,(H,28,29). The normalized spacial score (nSPS) is 14.3. The molecule has 2 heterocycles. The van der Waals surface area contributed by atoms with E-state index in [0.717, 1.165) is 33.9 Å². The van der Waals surface area contributed by atoms with E-state index in [0.29, 0.717) is 17.6 Å². The van der Waals surface area contributed by atoms with Gasteiger partial charge in [-0.05, 0) is 42.7 Å². The first-order valence-corrected chi connectivity index (χ1v) is 10.8. The van der Waals surface area contributed by atoms with E-state index in [9.17, 15) is 0 Å². The third kappa shape index (κ3) is 5.22. The Morgan fingerprint density at radius 3 is 2.77 bits per heavy atom. The Labute approximate surface area is 182 Å². The highest BCUT2D eigenvalue weighted by Crippen LogP contribution is 2.31. The van der Waals surface area contributed by atoms with Crippen molar-refractivity contribution in [3.8, 4) is 16.9 Å². The number of aromatic nitrogens is 2. The van der Waals surface area contributed by atoms with E-state index in [2.05, 4.69) is 32.7 Å². The highest BCUT2D eigenvalue weighted by molar-refractivity contribution is 6.33. The number of hydrogen-bond donors (Lipinski definition) is 2. The SMILES string of the molecule is COc1cccc(CNc2cncc(-c3cc(NC4CCCCC4)ncc3Cl)c2)c1. The molecule has 0 spiro atoms. The molecule has 0 unspecified atom stereocenters. The van der Waals surface area contributed by atoms with Gasteiger partial charge < -0.3 is 15.4 Å². The Morgan fingerprint density at radius 2 is 1.93 bits per heavy atom. The van der Waals surface area contributed by atoms with Crippen molar-refractivity contribution in [3.63, 3.8) is 0 Å². The van der Waals surface area contributed by atoms with Gasteiger partial charge in [-0.3, -0.25) is 4.98 Å². The van der Waals surface area contributed by atoms with E-state index in [1.807, 2.05) is 36.7 Å². The van der Waals surface area contributed by atoms with Gasteiger partial charge in [0, 0.05) is 42.3 Å². The molecular formula is C24H27ClN4O. The van der Waals surface area contributed by atoms with Crippen LogP contribution in [0.5, 0.6) is 5.75 Å². The molecule has 0 atom stereocenters. The third-order valence-electron chi connectivity index (χ3n) is 5.49. The summed E-state index contributed by atoms with van der Waals surface area (Å²) in [6.45, 7) is 0.681. The summed E-state index contributed by atoms with van der Waals surface area (Å²) in [5.41, 5.74) is 3.97. The van der Waals surface area contributed by atoms with Gasteiger partial charge in [0.1, 0.15) is 11.6 Å². The van der Waals surface area contributed by atoms with Gasteiger partial charge in [-0.25, -0.2) is 4.98 Å². The van der Waals surface area contributed by atoms with Gasteiger partial charge in [-0.2, -0.15) is 0 Å². The van der Waals surface area contributed by atoms with Crippen LogP contribution in [0.15, 0.2) is 55.0 Å². The zero-order valence-corrected chi connectivity index (χ0v) is 18.0. The first-order chi connectivity index (χ1) is 14.7. The summed E-state index contributed by atoms with van der Waals surface area (Å²) in [4.78, 5) is 8.89. The largest absolute Gasteiger partial charge is 0.497 e. The van der Waals surface area contributed by atoms with E-state index < -0.39 is 0 Å². The van der Waals surface area contributed by atoms with Crippen LogP contribution in [0.3, 0.4) is 0 Å². The monoisotopic (exact) mass is 422 g/mol. The zero-order valence-electron chi connectivity index (χ0n) is 17.2. The summed E-state index contributed by atoms with van der Waals surface area (Å²) in [5.74, 6) is 1.72. The van der Waals surface area contributed by atoms with Crippen LogP contribution in [0.2, 0.25) is 5.02 Å². The second-order valence-electron chi connectivity index (χ2n) is 7.70. The molecule has 4 rings (SSSR count). The van der Waals surface area contributed by atoms with Crippen molar-refractivity contribution in [1.29, 1.82) is 0 Å². The molecule has 1 aromatic carbocycles. The maximum atomic E-state index is 6.48. The fourth-order valence-electron chi connectivity index (χ4n) is 3.87. The number of halogens is 1. The number of pyridine rings is 2. The fraction of sp³-hybridized carbons (Fsp3) is 0.333. The summed E-state index contributed by atoms with van der Waals surface area (Å²) in [6, 6.07) is 12.6. The number of hydrogen-bond acceptors (Lipinski definition) is 5. The van der Waals surface area contributed by atoms with Gasteiger partial charge in [0.05, 0.1) is 17.8 Å². The first kappa shape index (κ1) is 20.5. The minimum absolute atomic E-state index is 0.495. The minimum atomic E-state index is 0.495. The van der Waals surface area contributed by atoms with Crippen LogP contribution >= 0.6 is 11.6 Å². The Balaban J connectivity index is 1.49. The zero-order chi connectivity index (χ0) is 20.8. The lowest BCUT2D eigenvalue weighted by atomic mass is 9.95. The van der Waals surface area contributed by atoms with Gasteiger partial charge in [0.2, 0.25) is 0 Å². The number of rotatable bonds is 7. The highest BCUT2D eigenvalue weighted by Gasteiger charge is 2.15. The van der Waals surface area contributed by atoms with Gasteiger partial charge in [-0.1, -0.05) is 43.0 Å². The molecule has 0 aliphatic heterocycles. The van der Waals surface area contributed by atoms with Gasteiger partial charge in [-0.15, -0.1) is 0 Å². The van der Waals surface area contributed by atoms with E-state index in [1.165, 1.54) is 32.1 Å². The van der Waals surface area contributed by atoms with Gasteiger partial charge >= 0.3 is 0 Å². The molecule has 0 amide bonds. The lowest BCUT2D eigenvalue weighted by Gasteiger charge is -2.23. The molecule has 0 bridgehead atoms. The second kappa shape index (κ2) is 9.81. The third-order valence-corrected chi connectivity index (χ3v) is 5.79. The predicted molar refractivity (Wildman–Crippen MR) is 123 cm³/mol. The van der Waals surface area contributed by atoms with Gasteiger partial charge in [0.15, 0.2) is 0 Å². The minimum Gasteiger partial charge on any atom is -0.497 e. The van der Waals surface area contributed by atoms with Crippen LogP contribution in [0.1, 0.15) is 37.7 Å². The summed E-state index contributed by atoms with van der Waals surface area (Å²) >= 11 is 6.48. The second-order valence-corrected chi connectivity index (χ2v) is 8.10. The van der Waals surface area contributed by atoms with Crippen LogP contribution in [0, 0.1) is 0 Å². The molecule has 156 valence electrons. The summed E-state index contributed by atoms with van der Waals surface area (Å²) in [6.07, 6.45) is 11.7. The molecule has 5 nitrogen and oxygen atoms in total. The number of benzene rings is 1. The number of anilines is 2. The highest BCUT2D eigenvalue weighted by atomic mass is 35.5. The number of nitrogens with zero attached hydrogens (tertiary/aromatic N) is 2. The average Bonchev–Trinajstić information content (AvgIpc) is 2.80. The quantitative estimate of drug-likeness (QED) is 0.477. The molecule has 1 saturated carbocycles. The maximum absolute atomic E-state index is 6.48. The summed E-state index contributed by atoms with van der Waals surface area (Å²) in [5, 5.41) is 7.62. The van der Waals surface area contributed by atoms with Gasteiger partial charge in [0.25, 0.3) is 0 Å². The van der Waals surface area contributed by atoms with E-state index in [-0.39, 0.29) is 0 Å². The van der Waals surface area contributed by atoms with E-state index in [1.54, 1.807) is 13.3 Å². The molecule has 2 N–H and O–H groups in total. The topological polar surface area (TPSA) is 59.1 Å². The molecule has 1 aliphatic carbocycles. The van der Waals surface area contributed by atoms with Crippen molar-refractivity contribution in [2.24, 2.45) is 0 Å². The molecule has 3 aromatic rings. The molecular weight excluding hydrogens is 396 g/mol. The molecule has 1 aliphatic rings. The average molecular weight is 423 g/mol. The van der Waals surface area contributed by atoms with Crippen LogP contribution in [0.25, 0.3) is 11.1 Å². The van der Waals surface area contributed by atoms with Crippen LogP contribution in [-0.2, 0) is 6.54 Å². The van der Waals surface area contributed by atoms with Crippen molar-refractivity contribution in [2.45, 2.75) is 44.7 Å². The lowest BCUT2D eigenvalue weighted by Crippen LogP contribution is -2.22. The Kier molecular flexibility index (Phi) is 6.70. The lowest BCUT2D eigenvalue weighted by molar-refractivity contribution is 0.414. The molecule has 1 fully saturated rings.